The number of aryl methyl sites for hydroxylation is 1. The smallest absolute Gasteiger partial charge is 0.305 e. The number of hydrogen-bond acceptors (Lipinski definition) is 5. The molecule has 0 saturated heterocycles. The number of anilines is 2. The first-order valence-electron chi connectivity index (χ1n) is 13.0. The lowest BCUT2D eigenvalue weighted by Gasteiger charge is -2.14. The Bertz CT molecular complexity index is 1170. The standard InChI is InChI=1S/C31H38N2O4/c1-5-36-30(34)11-8-18-37-29-10-7-6-9-27(29)31(35)33-28-17-16-26(20-23(28)4)32-21-25-14-12-24(13-15-25)19-22(2)3/h6-7,9-10,12-17,20,22,32H,5,8,11,18-19,21H2,1-4H3,(H,33,35). The maximum absolute atomic E-state index is 13.0. The predicted molar refractivity (Wildman–Crippen MR) is 149 cm³/mol. The van der Waals surface area contributed by atoms with Crippen molar-refractivity contribution in [3.8, 4) is 5.75 Å². The van der Waals surface area contributed by atoms with Crippen LogP contribution in [0, 0.1) is 12.8 Å². The van der Waals surface area contributed by atoms with Crippen LogP contribution in [0.2, 0.25) is 0 Å². The van der Waals surface area contributed by atoms with Gasteiger partial charge in [-0.3, -0.25) is 9.59 Å². The third kappa shape index (κ3) is 8.98. The molecule has 0 bridgehead atoms. The van der Waals surface area contributed by atoms with Crippen LogP contribution in [0.3, 0.4) is 0 Å². The zero-order valence-electron chi connectivity index (χ0n) is 22.3. The van der Waals surface area contributed by atoms with Gasteiger partial charge in [-0.2, -0.15) is 0 Å². The Labute approximate surface area is 220 Å². The number of carbonyl (C=O) groups excluding carboxylic acids is 2. The zero-order valence-corrected chi connectivity index (χ0v) is 22.3. The lowest BCUT2D eigenvalue weighted by Crippen LogP contribution is -2.15. The summed E-state index contributed by atoms with van der Waals surface area (Å²) >= 11 is 0. The van der Waals surface area contributed by atoms with Crippen LogP contribution < -0.4 is 15.4 Å². The minimum absolute atomic E-state index is 0.244. The van der Waals surface area contributed by atoms with Gasteiger partial charge in [0.15, 0.2) is 0 Å². The first-order valence-corrected chi connectivity index (χ1v) is 13.0. The normalized spacial score (nSPS) is 10.7. The van der Waals surface area contributed by atoms with Gasteiger partial charge in [0.2, 0.25) is 0 Å². The molecule has 6 heteroatoms. The molecule has 2 N–H and O–H groups in total. The maximum Gasteiger partial charge on any atom is 0.305 e. The van der Waals surface area contributed by atoms with Crippen molar-refractivity contribution in [2.24, 2.45) is 5.92 Å². The van der Waals surface area contributed by atoms with Crippen LogP contribution in [0.25, 0.3) is 0 Å². The molecule has 3 aromatic carbocycles. The van der Waals surface area contributed by atoms with Crippen molar-refractivity contribution in [3.63, 3.8) is 0 Å². The Kier molecular flexibility index (Phi) is 10.6. The summed E-state index contributed by atoms with van der Waals surface area (Å²) in [5.41, 5.74) is 5.72. The van der Waals surface area contributed by atoms with Crippen LogP contribution in [0.1, 0.15) is 60.7 Å². The van der Waals surface area contributed by atoms with Gasteiger partial charge in [0.1, 0.15) is 5.75 Å². The quantitative estimate of drug-likeness (QED) is 0.199. The molecule has 0 unspecified atom stereocenters. The van der Waals surface area contributed by atoms with Crippen LogP contribution in [-0.2, 0) is 22.5 Å². The second-order valence-electron chi connectivity index (χ2n) is 9.51. The van der Waals surface area contributed by atoms with Gasteiger partial charge in [-0.15, -0.1) is 0 Å². The summed E-state index contributed by atoms with van der Waals surface area (Å²) in [5.74, 6) is 0.644. The Morgan fingerprint density at radius 2 is 1.68 bits per heavy atom. The zero-order chi connectivity index (χ0) is 26.6. The van der Waals surface area contributed by atoms with E-state index in [1.807, 2.05) is 31.2 Å². The van der Waals surface area contributed by atoms with Crippen LogP contribution in [0.4, 0.5) is 11.4 Å². The van der Waals surface area contributed by atoms with Gasteiger partial charge in [0, 0.05) is 24.3 Å². The molecule has 0 aromatic heterocycles. The highest BCUT2D eigenvalue weighted by atomic mass is 16.5. The lowest BCUT2D eigenvalue weighted by atomic mass is 10.0. The van der Waals surface area contributed by atoms with Crippen molar-refractivity contribution in [3.05, 3.63) is 89.0 Å². The molecule has 196 valence electrons. The van der Waals surface area contributed by atoms with E-state index in [0.717, 1.165) is 29.9 Å². The van der Waals surface area contributed by atoms with E-state index < -0.39 is 0 Å². The molecule has 3 aromatic rings. The molecule has 3 rings (SSSR count). The number of ether oxygens (including phenoxy) is 2. The van der Waals surface area contributed by atoms with Gasteiger partial charge in [-0.25, -0.2) is 0 Å². The average Bonchev–Trinajstić information content (AvgIpc) is 2.87. The molecular weight excluding hydrogens is 464 g/mol. The Morgan fingerprint density at radius 3 is 2.38 bits per heavy atom. The van der Waals surface area contributed by atoms with E-state index in [1.165, 1.54) is 11.1 Å². The summed E-state index contributed by atoms with van der Waals surface area (Å²) in [6.45, 7) is 9.63. The van der Waals surface area contributed by atoms with E-state index in [1.54, 1.807) is 25.1 Å². The van der Waals surface area contributed by atoms with Gasteiger partial charge in [0.25, 0.3) is 5.91 Å². The molecule has 0 aliphatic heterocycles. The second kappa shape index (κ2) is 14.1. The molecule has 6 nitrogen and oxygen atoms in total. The number of para-hydroxylation sites is 1. The molecule has 0 aliphatic rings. The highest BCUT2D eigenvalue weighted by molar-refractivity contribution is 6.06. The van der Waals surface area contributed by atoms with Gasteiger partial charge < -0.3 is 20.1 Å². The van der Waals surface area contributed by atoms with Crippen molar-refractivity contribution in [1.29, 1.82) is 0 Å². The monoisotopic (exact) mass is 502 g/mol. The van der Waals surface area contributed by atoms with Crippen molar-refractivity contribution < 1.29 is 19.1 Å². The summed E-state index contributed by atoms with van der Waals surface area (Å²) in [5, 5.41) is 6.46. The highest BCUT2D eigenvalue weighted by Gasteiger charge is 2.14. The number of benzene rings is 3. The summed E-state index contributed by atoms with van der Waals surface area (Å²) < 4.78 is 10.7. The molecule has 0 aliphatic carbocycles. The van der Waals surface area contributed by atoms with Crippen molar-refractivity contribution in [2.75, 3.05) is 23.8 Å². The summed E-state index contributed by atoms with van der Waals surface area (Å²) in [7, 11) is 0. The topological polar surface area (TPSA) is 76.7 Å². The fraction of sp³-hybridized carbons (Fsp3) is 0.355. The Balaban J connectivity index is 1.55. The molecule has 0 saturated carbocycles. The van der Waals surface area contributed by atoms with Crippen LogP contribution >= 0.6 is 0 Å². The first-order chi connectivity index (χ1) is 17.9. The molecule has 0 radical (unpaired) electrons. The fourth-order valence-corrected chi connectivity index (χ4v) is 3.98. The predicted octanol–water partition coefficient (Wildman–Crippen LogP) is 6.78. The third-order valence-corrected chi connectivity index (χ3v) is 5.86. The second-order valence-corrected chi connectivity index (χ2v) is 9.51. The molecular formula is C31H38N2O4. The van der Waals surface area contributed by atoms with E-state index in [9.17, 15) is 9.59 Å². The molecule has 37 heavy (non-hydrogen) atoms. The summed E-state index contributed by atoms with van der Waals surface area (Å²) in [4.78, 5) is 24.5. The van der Waals surface area contributed by atoms with Crippen LogP contribution in [-0.4, -0.2) is 25.1 Å². The lowest BCUT2D eigenvalue weighted by molar-refractivity contribution is -0.143. The van der Waals surface area contributed by atoms with Crippen molar-refractivity contribution >= 4 is 23.3 Å². The van der Waals surface area contributed by atoms with Crippen molar-refractivity contribution in [2.45, 2.75) is 53.5 Å². The number of carbonyl (C=O) groups is 2. The van der Waals surface area contributed by atoms with Gasteiger partial charge in [-0.05, 0) is 79.6 Å². The number of rotatable bonds is 13. The van der Waals surface area contributed by atoms with Crippen molar-refractivity contribution in [1.82, 2.24) is 0 Å². The average molecular weight is 503 g/mol. The third-order valence-electron chi connectivity index (χ3n) is 5.86. The largest absolute Gasteiger partial charge is 0.493 e. The van der Waals surface area contributed by atoms with Crippen LogP contribution in [0.5, 0.6) is 5.75 Å². The molecule has 1 amide bonds. The summed E-state index contributed by atoms with van der Waals surface area (Å²) in [6, 6.07) is 21.7. The van der Waals surface area contributed by atoms with Gasteiger partial charge in [0.05, 0.1) is 18.8 Å². The van der Waals surface area contributed by atoms with Gasteiger partial charge in [-0.1, -0.05) is 50.2 Å². The first kappa shape index (κ1) is 27.8. The highest BCUT2D eigenvalue weighted by Crippen LogP contribution is 2.24. The molecule has 0 spiro atoms. The number of esters is 1. The van der Waals surface area contributed by atoms with E-state index in [2.05, 4.69) is 48.7 Å². The molecule has 0 fully saturated rings. The number of nitrogens with one attached hydrogen (secondary N) is 2. The summed E-state index contributed by atoms with van der Waals surface area (Å²) in [6.07, 6.45) is 1.89. The number of amides is 1. The van der Waals surface area contributed by atoms with Gasteiger partial charge >= 0.3 is 5.97 Å². The SMILES string of the molecule is CCOC(=O)CCCOc1ccccc1C(=O)Nc1ccc(NCc2ccc(CC(C)C)cc2)cc1C. The fourth-order valence-electron chi connectivity index (χ4n) is 3.98. The molecule has 0 heterocycles. The molecule has 0 atom stereocenters. The maximum atomic E-state index is 13.0. The number of hydrogen-bond donors (Lipinski definition) is 2. The minimum atomic E-state index is -0.245. The minimum Gasteiger partial charge on any atom is -0.493 e. The van der Waals surface area contributed by atoms with E-state index >= 15 is 0 Å². The van der Waals surface area contributed by atoms with Crippen LogP contribution in [0.15, 0.2) is 66.7 Å². The van der Waals surface area contributed by atoms with E-state index in [0.29, 0.717) is 36.9 Å². The van der Waals surface area contributed by atoms with E-state index in [-0.39, 0.29) is 18.3 Å². The Hall–Kier alpha value is -3.80. The van der Waals surface area contributed by atoms with E-state index in [4.69, 9.17) is 9.47 Å². The Morgan fingerprint density at radius 1 is 0.946 bits per heavy atom.